The quantitative estimate of drug-likeness (QED) is 0.875. The van der Waals surface area contributed by atoms with Crippen LogP contribution in [0.5, 0.6) is 17.2 Å². The van der Waals surface area contributed by atoms with E-state index in [4.69, 9.17) is 31.5 Å². The third kappa shape index (κ3) is 2.60. The van der Waals surface area contributed by atoms with Crippen molar-refractivity contribution in [1.82, 2.24) is 0 Å². The number of anilines is 1. The Morgan fingerprint density at radius 2 is 1.50 bits per heavy atom. The van der Waals surface area contributed by atoms with E-state index in [9.17, 15) is 0 Å². The van der Waals surface area contributed by atoms with Crippen molar-refractivity contribution in [3.05, 3.63) is 35.4 Å². The van der Waals surface area contributed by atoms with E-state index < -0.39 is 0 Å². The zero-order valence-electron chi connectivity index (χ0n) is 11.6. The fourth-order valence-corrected chi connectivity index (χ4v) is 2.11. The Labute approximate surface area is 123 Å². The number of halogens is 1. The molecule has 0 amide bonds. The molecule has 0 bridgehead atoms. The Balaban J connectivity index is 2.67. The molecular formula is C15H16ClNO3. The summed E-state index contributed by atoms with van der Waals surface area (Å²) >= 11 is 5.96. The van der Waals surface area contributed by atoms with Crippen LogP contribution in [0.1, 0.15) is 0 Å². The third-order valence-corrected chi connectivity index (χ3v) is 3.34. The summed E-state index contributed by atoms with van der Waals surface area (Å²) in [6.45, 7) is 0. The second-order valence-electron chi connectivity index (χ2n) is 4.14. The Bertz CT molecular complexity index is 604. The van der Waals surface area contributed by atoms with Crippen LogP contribution in [-0.4, -0.2) is 21.3 Å². The highest BCUT2D eigenvalue weighted by Crippen LogP contribution is 2.42. The van der Waals surface area contributed by atoms with Crippen LogP contribution in [0.25, 0.3) is 11.1 Å². The molecule has 0 spiro atoms. The maximum Gasteiger partial charge on any atom is 0.134 e. The molecule has 2 aromatic carbocycles. The van der Waals surface area contributed by atoms with Crippen molar-refractivity contribution < 1.29 is 14.2 Å². The van der Waals surface area contributed by atoms with Crippen LogP contribution in [0.3, 0.4) is 0 Å². The normalized spacial score (nSPS) is 10.2. The number of nitrogen functional groups attached to an aromatic ring is 1. The number of rotatable bonds is 4. The average molecular weight is 294 g/mol. The van der Waals surface area contributed by atoms with Crippen molar-refractivity contribution in [2.45, 2.75) is 0 Å². The van der Waals surface area contributed by atoms with Crippen LogP contribution < -0.4 is 19.9 Å². The Hall–Kier alpha value is -2.07. The lowest BCUT2D eigenvalue weighted by Crippen LogP contribution is -1.96. The highest BCUT2D eigenvalue weighted by molar-refractivity contribution is 6.33. The standard InChI is InChI=1S/C15H16ClNO3/c1-18-10-7-13(19-2)15(14(8-10)20-3)9-4-5-11(16)12(17)6-9/h4-8H,17H2,1-3H3. The van der Waals surface area contributed by atoms with Gasteiger partial charge in [-0.3, -0.25) is 0 Å². The van der Waals surface area contributed by atoms with Crippen molar-refractivity contribution >= 4 is 17.3 Å². The van der Waals surface area contributed by atoms with Gasteiger partial charge in [-0.1, -0.05) is 17.7 Å². The molecule has 0 heterocycles. The van der Waals surface area contributed by atoms with E-state index in [1.165, 1.54) is 0 Å². The molecule has 5 heteroatoms. The average Bonchev–Trinajstić information content (AvgIpc) is 2.48. The predicted octanol–water partition coefficient (Wildman–Crippen LogP) is 3.62. The summed E-state index contributed by atoms with van der Waals surface area (Å²) in [6.07, 6.45) is 0. The van der Waals surface area contributed by atoms with Gasteiger partial charge in [0.05, 0.1) is 37.6 Å². The van der Waals surface area contributed by atoms with Gasteiger partial charge in [-0.25, -0.2) is 0 Å². The lowest BCUT2D eigenvalue weighted by atomic mass is 10.0. The molecule has 0 aromatic heterocycles. The summed E-state index contributed by atoms with van der Waals surface area (Å²) in [5, 5.41) is 0.514. The van der Waals surface area contributed by atoms with E-state index in [-0.39, 0.29) is 0 Å². The molecule has 0 saturated heterocycles. The van der Waals surface area contributed by atoms with Crippen LogP contribution in [0, 0.1) is 0 Å². The monoisotopic (exact) mass is 293 g/mol. The number of methoxy groups -OCH3 is 3. The zero-order valence-corrected chi connectivity index (χ0v) is 12.3. The molecule has 20 heavy (non-hydrogen) atoms. The maximum atomic E-state index is 5.96. The van der Waals surface area contributed by atoms with Gasteiger partial charge in [-0.05, 0) is 17.7 Å². The van der Waals surface area contributed by atoms with E-state index in [2.05, 4.69) is 0 Å². The second kappa shape index (κ2) is 5.92. The van der Waals surface area contributed by atoms with Gasteiger partial charge in [0.2, 0.25) is 0 Å². The number of hydrogen-bond acceptors (Lipinski definition) is 4. The van der Waals surface area contributed by atoms with Crippen LogP contribution in [0.2, 0.25) is 5.02 Å². The van der Waals surface area contributed by atoms with Crippen molar-refractivity contribution in [2.75, 3.05) is 27.1 Å². The molecule has 0 saturated carbocycles. The molecule has 0 aliphatic rings. The maximum absolute atomic E-state index is 5.96. The smallest absolute Gasteiger partial charge is 0.134 e. The SMILES string of the molecule is COc1cc(OC)c(-c2ccc(Cl)c(N)c2)c(OC)c1. The molecular weight excluding hydrogens is 278 g/mol. The van der Waals surface area contributed by atoms with E-state index in [1.807, 2.05) is 6.07 Å². The lowest BCUT2D eigenvalue weighted by Gasteiger charge is -2.15. The first kappa shape index (κ1) is 14.3. The minimum atomic E-state index is 0.504. The minimum Gasteiger partial charge on any atom is -0.496 e. The summed E-state index contributed by atoms with van der Waals surface area (Å²) in [7, 11) is 4.78. The lowest BCUT2D eigenvalue weighted by molar-refractivity contribution is 0.377. The Morgan fingerprint density at radius 1 is 0.900 bits per heavy atom. The minimum absolute atomic E-state index is 0.504. The zero-order chi connectivity index (χ0) is 14.7. The molecule has 0 aliphatic carbocycles. The molecule has 0 fully saturated rings. The highest BCUT2D eigenvalue weighted by atomic mass is 35.5. The van der Waals surface area contributed by atoms with E-state index in [0.29, 0.717) is 28.0 Å². The summed E-state index contributed by atoms with van der Waals surface area (Å²) in [4.78, 5) is 0. The highest BCUT2D eigenvalue weighted by Gasteiger charge is 2.15. The van der Waals surface area contributed by atoms with Gasteiger partial charge in [0, 0.05) is 12.1 Å². The first-order valence-corrected chi connectivity index (χ1v) is 6.34. The van der Waals surface area contributed by atoms with Crippen molar-refractivity contribution in [3.63, 3.8) is 0 Å². The summed E-state index contributed by atoms with van der Waals surface area (Å²) in [5.74, 6) is 1.94. The molecule has 0 unspecified atom stereocenters. The Morgan fingerprint density at radius 3 is 1.95 bits per heavy atom. The molecule has 2 rings (SSSR count). The number of benzene rings is 2. The summed E-state index contributed by atoms with van der Waals surface area (Å²) in [5.41, 5.74) is 8.03. The summed E-state index contributed by atoms with van der Waals surface area (Å²) in [6, 6.07) is 8.99. The fraction of sp³-hybridized carbons (Fsp3) is 0.200. The molecule has 2 aromatic rings. The van der Waals surface area contributed by atoms with Crippen molar-refractivity contribution in [3.8, 4) is 28.4 Å². The molecule has 106 valence electrons. The predicted molar refractivity (Wildman–Crippen MR) is 81.0 cm³/mol. The van der Waals surface area contributed by atoms with Crippen LogP contribution in [0.4, 0.5) is 5.69 Å². The van der Waals surface area contributed by atoms with E-state index in [0.717, 1.165) is 11.1 Å². The molecule has 0 atom stereocenters. The van der Waals surface area contributed by atoms with Gasteiger partial charge < -0.3 is 19.9 Å². The van der Waals surface area contributed by atoms with Gasteiger partial charge in [0.15, 0.2) is 0 Å². The van der Waals surface area contributed by atoms with Gasteiger partial charge in [0.25, 0.3) is 0 Å². The molecule has 0 radical (unpaired) electrons. The third-order valence-electron chi connectivity index (χ3n) is 3.00. The fourth-order valence-electron chi connectivity index (χ4n) is 1.99. The van der Waals surface area contributed by atoms with Gasteiger partial charge >= 0.3 is 0 Å². The first-order valence-electron chi connectivity index (χ1n) is 5.96. The second-order valence-corrected chi connectivity index (χ2v) is 4.55. The van der Waals surface area contributed by atoms with Crippen LogP contribution in [-0.2, 0) is 0 Å². The first-order chi connectivity index (χ1) is 9.60. The molecule has 2 N–H and O–H groups in total. The van der Waals surface area contributed by atoms with Gasteiger partial charge in [-0.2, -0.15) is 0 Å². The van der Waals surface area contributed by atoms with Crippen LogP contribution >= 0.6 is 11.6 Å². The van der Waals surface area contributed by atoms with Crippen molar-refractivity contribution in [1.29, 1.82) is 0 Å². The molecule has 4 nitrogen and oxygen atoms in total. The van der Waals surface area contributed by atoms with Crippen molar-refractivity contribution in [2.24, 2.45) is 0 Å². The van der Waals surface area contributed by atoms with Gasteiger partial charge in [-0.15, -0.1) is 0 Å². The van der Waals surface area contributed by atoms with Crippen LogP contribution in [0.15, 0.2) is 30.3 Å². The topological polar surface area (TPSA) is 53.7 Å². The number of ether oxygens (including phenoxy) is 3. The number of nitrogens with two attached hydrogens (primary N) is 1. The number of hydrogen-bond donors (Lipinski definition) is 1. The molecule has 0 aliphatic heterocycles. The summed E-state index contributed by atoms with van der Waals surface area (Å²) < 4.78 is 16.1. The van der Waals surface area contributed by atoms with Gasteiger partial charge in [0.1, 0.15) is 17.2 Å². The Kier molecular flexibility index (Phi) is 4.25. The van der Waals surface area contributed by atoms with E-state index in [1.54, 1.807) is 45.6 Å². The van der Waals surface area contributed by atoms with E-state index >= 15 is 0 Å². The largest absolute Gasteiger partial charge is 0.496 e.